The van der Waals surface area contributed by atoms with E-state index in [4.69, 9.17) is 4.74 Å². The number of carbonyl (C=O) groups is 2. The molecule has 0 atom stereocenters. The number of rotatable bonds is 9. The molecule has 2 aromatic rings. The molecule has 0 aromatic heterocycles. The third-order valence-corrected chi connectivity index (χ3v) is 3.31. The third kappa shape index (κ3) is 6.60. The van der Waals surface area contributed by atoms with Crippen molar-refractivity contribution < 1.29 is 14.3 Å². The second-order valence-corrected chi connectivity index (χ2v) is 5.37. The molecule has 6 heteroatoms. The van der Waals surface area contributed by atoms with E-state index >= 15 is 0 Å². The molecule has 0 saturated carbocycles. The number of amides is 2. The van der Waals surface area contributed by atoms with E-state index < -0.39 is 5.91 Å². The van der Waals surface area contributed by atoms with Gasteiger partial charge >= 0.3 is 0 Å². The Morgan fingerprint density at radius 3 is 2.54 bits per heavy atom. The zero-order chi connectivity index (χ0) is 18.6. The maximum absolute atomic E-state index is 11.7. The first-order chi connectivity index (χ1) is 12.7. The lowest BCUT2D eigenvalue weighted by Gasteiger charge is -2.09. The van der Waals surface area contributed by atoms with Crippen LogP contribution in [0.1, 0.15) is 17.5 Å². The Balaban J connectivity index is 1.88. The van der Waals surface area contributed by atoms with Crippen molar-refractivity contribution in [3.63, 3.8) is 0 Å². The molecule has 0 radical (unpaired) electrons. The molecule has 0 saturated heterocycles. The highest BCUT2D eigenvalue weighted by Gasteiger charge is 2.07. The molecule has 2 amide bonds. The van der Waals surface area contributed by atoms with Crippen LogP contribution in [0, 0.1) is 0 Å². The number of hydrazone groups is 1. The van der Waals surface area contributed by atoms with Crippen LogP contribution in [0.2, 0.25) is 0 Å². The number of nitrogens with one attached hydrogen (secondary N) is 2. The number of hydrogen-bond acceptors (Lipinski definition) is 4. The highest BCUT2D eigenvalue weighted by atomic mass is 16.5. The number of nitrogens with zero attached hydrogens (tertiary/aromatic N) is 1. The zero-order valence-corrected chi connectivity index (χ0v) is 14.4. The van der Waals surface area contributed by atoms with Crippen LogP contribution in [0.5, 0.6) is 5.75 Å². The normalized spacial score (nSPS) is 10.3. The predicted octanol–water partition coefficient (Wildman–Crippen LogP) is 2.41. The van der Waals surface area contributed by atoms with Crippen molar-refractivity contribution in [2.45, 2.75) is 13.0 Å². The van der Waals surface area contributed by atoms with Gasteiger partial charge in [0, 0.05) is 12.1 Å². The highest BCUT2D eigenvalue weighted by molar-refractivity contribution is 5.97. The molecule has 2 rings (SSSR count). The summed E-state index contributed by atoms with van der Waals surface area (Å²) in [6.45, 7) is 4.24. The summed E-state index contributed by atoms with van der Waals surface area (Å²) in [5.41, 5.74) is 4.10. The second-order valence-electron chi connectivity index (χ2n) is 5.37. The van der Waals surface area contributed by atoms with Gasteiger partial charge in [-0.15, -0.1) is 6.58 Å². The van der Waals surface area contributed by atoms with Crippen LogP contribution in [0.25, 0.3) is 0 Å². The summed E-state index contributed by atoms with van der Waals surface area (Å²) in [5, 5.41) is 6.41. The second kappa shape index (κ2) is 10.5. The van der Waals surface area contributed by atoms with E-state index in [0.29, 0.717) is 18.9 Å². The van der Waals surface area contributed by atoms with E-state index in [0.717, 1.165) is 11.1 Å². The first-order valence-corrected chi connectivity index (χ1v) is 8.14. The van der Waals surface area contributed by atoms with E-state index in [-0.39, 0.29) is 12.3 Å². The molecular formula is C20H21N3O3. The summed E-state index contributed by atoms with van der Waals surface area (Å²) >= 11 is 0. The first-order valence-electron chi connectivity index (χ1n) is 8.14. The van der Waals surface area contributed by atoms with Gasteiger partial charge in [-0.1, -0.05) is 48.5 Å². The smallest absolute Gasteiger partial charge is 0.249 e. The average molecular weight is 351 g/mol. The molecular weight excluding hydrogens is 330 g/mol. The van der Waals surface area contributed by atoms with E-state index in [1.807, 2.05) is 54.6 Å². The van der Waals surface area contributed by atoms with Crippen LogP contribution in [0.4, 0.5) is 0 Å². The van der Waals surface area contributed by atoms with Crippen molar-refractivity contribution in [2.24, 2.45) is 5.10 Å². The molecule has 0 spiro atoms. The van der Waals surface area contributed by atoms with Crippen LogP contribution in [-0.2, 0) is 16.2 Å². The molecule has 0 fully saturated rings. The fraction of sp³-hybridized carbons (Fsp3) is 0.150. The van der Waals surface area contributed by atoms with E-state index in [1.54, 1.807) is 6.08 Å². The number of para-hydroxylation sites is 1. The van der Waals surface area contributed by atoms with E-state index in [1.165, 1.54) is 6.21 Å². The Morgan fingerprint density at radius 2 is 1.77 bits per heavy atom. The van der Waals surface area contributed by atoms with Crippen LogP contribution >= 0.6 is 0 Å². The standard InChI is InChI=1S/C20H21N3O3/c1-2-12-21-19(24)13-20(25)23-22-14-17-10-6-7-11-18(17)26-15-16-8-4-3-5-9-16/h2-11,14H,1,12-13,15H2,(H,21,24)(H,23,25)/b22-14+. The van der Waals surface area contributed by atoms with Crippen molar-refractivity contribution in [1.29, 1.82) is 0 Å². The van der Waals surface area contributed by atoms with Gasteiger partial charge in [0.1, 0.15) is 18.8 Å². The minimum Gasteiger partial charge on any atom is -0.488 e. The van der Waals surface area contributed by atoms with Crippen LogP contribution < -0.4 is 15.5 Å². The van der Waals surface area contributed by atoms with Crippen molar-refractivity contribution >= 4 is 18.0 Å². The number of benzene rings is 2. The monoisotopic (exact) mass is 351 g/mol. The Kier molecular flexibility index (Phi) is 7.61. The number of ether oxygens (including phenoxy) is 1. The van der Waals surface area contributed by atoms with Crippen LogP contribution in [-0.4, -0.2) is 24.6 Å². The summed E-state index contributed by atoms with van der Waals surface area (Å²) < 4.78 is 5.81. The summed E-state index contributed by atoms with van der Waals surface area (Å²) in [7, 11) is 0. The van der Waals surface area contributed by atoms with Gasteiger partial charge in [0.15, 0.2) is 0 Å². The molecule has 6 nitrogen and oxygen atoms in total. The van der Waals surface area contributed by atoms with Gasteiger partial charge in [0.2, 0.25) is 11.8 Å². The molecule has 0 aliphatic carbocycles. The Hall–Kier alpha value is -3.41. The lowest BCUT2D eigenvalue weighted by Crippen LogP contribution is -2.29. The van der Waals surface area contributed by atoms with Crippen molar-refractivity contribution in [1.82, 2.24) is 10.7 Å². The third-order valence-electron chi connectivity index (χ3n) is 3.31. The van der Waals surface area contributed by atoms with Crippen molar-refractivity contribution in [3.8, 4) is 5.75 Å². The molecule has 0 bridgehead atoms. The molecule has 2 aromatic carbocycles. The highest BCUT2D eigenvalue weighted by Crippen LogP contribution is 2.17. The molecule has 26 heavy (non-hydrogen) atoms. The van der Waals surface area contributed by atoms with Gasteiger partial charge in [-0.2, -0.15) is 5.10 Å². The fourth-order valence-electron chi connectivity index (χ4n) is 2.06. The molecule has 0 unspecified atom stereocenters. The number of hydrogen-bond donors (Lipinski definition) is 2. The molecule has 0 aliphatic rings. The van der Waals surface area contributed by atoms with Gasteiger partial charge in [-0.25, -0.2) is 5.43 Å². The van der Waals surface area contributed by atoms with Gasteiger partial charge in [-0.05, 0) is 17.7 Å². The van der Waals surface area contributed by atoms with Gasteiger partial charge < -0.3 is 10.1 Å². The van der Waals surface area contributed by atoms with E-state index in [9.17, 15) is 9.59 Å². The Bertz CT molecular complexity index is 773. The average Bonchev–Trinajstić information content (AvgIpc) is 2.66. The number of carbonyl (C=O) groups excluding carboxylic acids is 2. The van der Waals surface area contributed by atoms with Crippen LogP contribution in [0.3, 0.4) is 0 Å². The Labute approximate surface area is 152 Å². The maximum atomic E-state index is 11.7. The van der Waals surface area contributed by atoms with Crippen molar-refractivity contribution in [2.75, 3.05) is 6.54 Å². The maximum Gasteiger partial charge on any atom is 0.249 e. The van der Waals surface area contributed by atoms with Gasteiger partial charge in [0.25, 0.3) is 0 Å². The minimum absolute atomic E-state index is 0.294. The lowest BCUT2D eigenvalue weighted by molar-refractivity contribution is -0.129. The summed E-state index contributed by atoms with van der Waals surface area (Å²) in [6, 6.07) is 17.2. The van der Waals surface area contributed by atoms with Crippen molar-refractivity contribution in [3.05, 3.63) is 78.4 Å². The van der Waals surface area contributed by atoms with Gasteiger partial charge in [0.05, 0.1) is 6.21 Å². The summed E-state index contributed by atoms with van der Waals surface area (Å²) in [4.78, 5) is 23.1. The summed E-state index contributed by atoms with van der Waals surface area (Å²) in [6.07, 6.45) is 2.73. The lowest BCUT2D eigenvalue weighted by atomic mass is 10.2. The predicted molar refractivity (Wildman–Crippen MR) is 101 cm³/mol. The fourth-order valence-corrected chi connectivity index (χ4v) is 2.06. The Morgan fingerprint density at radius 1 is 1.04 bits per heavy atom. The quantitative estimate of drug-likeness (QED) is 0.315. The minimum atomic E-state index is -0.495. The van der Waals surface area contributed by atoms with Crippen LogP contribution in [0.15, 0.2) is 72.4 Å². The molecule has 134 valence electrons. The topological polar surface area (TPSA) is 79.8 Å². The zero-order valence-electron chi connectivity index (χ0n) is 14.4. The first kappa shape index (κ1) is 18.9. The van der Waals surface area contributed by atoms with E-state index in [2.05, 4.69) is 22.4 Å². The summed E-state index contributed by atoms with van der Waals surface area (Å²) in [5.74, 6) is -0.229. The molecule has 2 N–H and O–H groups in total. The SMILES string of the molecule is C=CCNC(=O)CC(=O)N/N=C/c1ccccc1OCc1ccccc1. The molecule has 0 heterocycles. The largest absolute Gasteiger partial charge is 0.488 e. The van der Waals surface area contributed by atoms with Gasteiger partial charge in [-0.3, -0.25) is 9.59 Å². The molecule has 0 aliphatic heterocycles.